The monoisotopic (exact) mass is 615 g/mol. The number of likely N-dealkylation sites (N-methyl/N-ethyl adjacent to an activating group) is 1. The number of carbonyl (C=O) groups excluding carboxylic acids is 2. The number of carbonyl (C=O) groups is 3. The number of unbranched alkanes of at least 4 members (excludes halogenated alkanes) is 1. The van der Waals surface area contributed by atoms with Gasteiger partial charge in [0.2, 0.25) is 6.79 Å². The number of carboxylic acid groups (broad SMARTS) is 1. The molecule has 0 fully saturated rings. The van der Waals surface area contributed by atoms with Crippen LogP contribution in [0.25, 0.3) is 0 Å². The van der Waals surface area contributed by atoms with Gasteiger partial charge in [-0.25, -0.2) is 9.59 Å². The first kappa shape index (κ1) is 31.2. The van der Waals surface area contributed by atoms with Crippen LogP contribution in [0.15, 0.2) is 53.2 Å². The molecule has 226 valence electrons. The molecule has 0 spiro atoms. The number of hydrogen-bond donors (Lipinski definition) is 2. The Hall–Kier alpha value is -3.77. The molecule has 1 aliphatic heterocycles. The Bertz CT molecular complexity index is 1320. The fourth-order valence-electron chi connectivity index (χ4n) is 4.66. The van der Waals surface area contributed by atoms with Gasteiger partial charge >= 0.3 is 18.1 Å². The molecule has 1 aromatic carbocycles. The summed E-state index contributed by atoms with van der Waals surface area (Å²) in [7, 11) is 1.64. The third kappa shape index (κ3) is 8.16. The Kier molecular flexibility index (Phi) is 11.1. The summed E-state index contributed by atoms with van der Waals surface area (Å²) in [5, 5.41) is 16.3. The van der Waals surface area contributed by atoms with Crippen molar-refractivity contribution in [2.75, 3.05) is 20.4 Å². The van der Waals surface area contributed by atoms with Crippen molar-refractivity contribution in [3.63, 3.8) is 0 Å². The molecule has 4 rings (SSSR count). The molecule has 3 amide bonds. The molecule has 0 saturated carbocycles. The van der Waals surface area contributed by atoms with E-state index in [1.807, 2.05) is 41.9 Å². The first-order valence-electron chi connectivity index (χ1n) is 13.9. The van der Waals surface area contributed by atoms with Crippen molar-refractivity contribution < 1.29 is 33.7 Å². The van der Waals surface area contributed by atoms with E-state index in [4.69, 9.17) is 14.2 Å². The Labute approximate surface area is 253 Å². The van der Waals surface area contributed by atoms with Gasteiger partial charge in [0.1, 0.15) is 6.61 Å². The molecule has 0 aliphatic carbocycles. The number of benzene rings is 1. The van der Waals surface area contributed by atoms with E-state index in [0.29, 0.717) is 30.0 Å². The fraction of sp³-hybridized carbons (Fsp3) is 0.433. The van der Waals surface area contributed by atoms with Gasteiger partial charge in [0.15, 0.2) is 11.5 Å². The average molecular weight is 616 g/mol. The van der Waals surface area contributed by atoms with Crippen molar-refractivity contribution in [2.45, 2.75) is 64.2 Å². The summed E-state index contributed by atoms with van der Waals surface area (Å²) < 4.78 is 16.6. The van der Waals surface area contributed by atoms with Gasteiger partial charge in [-0.15, -0.1) is 22.7 Å². The standard InChI is InChI=1S/C30H37N3O7S2/c1-4-5-8-22(18-38-30(37)33(17-23-9-6-13-41-23)20(2)27-10-7-14-42-27)32(3)29(36)31-24(16-28(34)35)21-11-12-25-26(15-21)40-19-39-25/h6-7,9-15,20,22,24H,4-5,8,16-19H2,1-3H3,(H,31,36)(H,34,35)/t20?,22-,24-/m0/s1. The summed E-state index contributed by atoms with van der Waals surface area (Å²) in [6, 6.07) is 11.2. The maximum atomic E-state index is 13.5. The van der Waals surface area contributed by atoms with E-state index >= 15 is 0 Å². The van der Waals surface area contributed by atoms with Gasteiger partial charge < -0.3 is 29.5 Å². The molecule has 0 saturated heterocycles. The molecule has 1 aliphatic rings. The first-order valence-corrected chi connectivity index (χ1v) is 15.7. The minimum atomic E-state index is -1.05. The van der Waals surface area contributed by atoms with Crippen molar-refractivity contribution in [2.24, 2.45) is 0 Å². The van der Waals surface area contributed by atoms with E-state index in [2.05, 4.69) is 12.2 Å². The molecule has 0 radical (unpaired) electrons. The highest BCUT2D eigenvalue weighted by atomic mass is 32.1. The van der Waals surface area contributed by atoms with E-state index in [1.54, 1.807) is 52.8 Å². The van der Waals surface area contributed by atoms with E-state index < -0.39 is 30.2 Å². The van der Waals surface area contributed by atoms with Crippen molar-refractivity contribution >= 4 is 40.8 Å². The zero-order chi connectivity index (χ0) is 30.1. The number of amides is 3. The molecule has 42 heavy (non-hydrogen) atoms. The van der Waals surface area contributed by atoms with Crippen LogP contribution in [-0.4, -0.2) is 59.5 Å². The lowest BCUT2D eigenvalue weighted by atomic mass is 10.0. The van der Waals surface area contributed by atoms with Crippen LogP contribution in [0.3, 0.4) is 0 Å². The summed E-state index contributed by atoms with van der Waals surface area (Å²) in [6.07, 6.45) is 1.58. The number of urea groups is 1. The maximum Gasteiger partial charge on any atom is 0.410 e. The van der Waals surface area contributed by atoms with Gasteiger partial charge in [-0.3, -0.25) is 9.69 Å². The average Bonchev–Trinajstić information content (AvgIpc) is 3.77. The quantitative estimate of drug-likeness (QED) is 0.208. The fourth-order valence-corrected chi connectivity index (χ4v) is 6.16. The SMILES string of the molecule is CCCC[C@@H](COC(=O)N(Cc1cccs1)C(C)c1cccs1)N(C)C(=O)N[C@@H](CC(=O)O)c1ccc2c(c1)OCO2. The van der Waals surface area contributed by atoms with E-state index in [9.17, 15) is 19.5 Å². The van der Waals surface area contributed by atoms with E-state index in [-0.39, 0.29) is 25.9 Å². The van der Waals surface area contributed by atoms with Gasteiger partial charge in [-0.2, -0.15) is 0 Å². The van der Waals surface area contributed by atoms with Crippen LogP contribution in [0.4, 0.5) is 9.59 Å². The maximum absolute atomic E-state index is 13.5. The first-order chi connectivity index (χ1) is 20.3. The number of carboxylic acids is 1. The van der Waals surface area contributed by atoms with Crippen LogP contribution in [-0.2, 0) is 16.1 Å². The van der Waals surface area contributed by atoms with Crippen LogP contribution < -0.4 is 14.8 Å². The second-order valence-corrected chi connectivity index (χ2v) is 12.1. The largest absolute Gasteiger partial charge is 0.481 e. The normalized spacial score (nSPS) is 14.1. The highest BCUT2D eigenvalue weighted by molar-refractivity contribution is 7.10. The lowest BCUT2D eigenvalue weighted by Gasteiger charge is -2.32. The van der Waals surface area contributed by atoms with Crippen LogP contribution in [0.1, 0.15) is 66.9 Å². The molecule has 10 nitrogen and oxygen atoms in total. The number of aliphatic carboxylic acids is 1. The number of ether oxygens (including phenoxy) is 3. The molecular formula is C30H37N3O7S2. The summed E-state index contributed by atoms with van der Waals surface area (Å²) in [5.74, 6) is 0.0177. The van der Waals surface area contributed by atoms with Gasteiger partial charge in [0.05, 0.1) is 31.1 Å². The van der Waals surface area contributed by atoms with E-state index in [1.165, 1.54) is 4.90 Å². The van der Waals surface area contributed by atoms with Crippen LogP contribution in [0.5, 0.6) is 11.5 Å². The zero-order valence-corrected chi connectivity index (χ0v) is 25.6. The number of rotatable bonds is 14. The summed E-state index contributed by atoms with van der Waals surface area (Å²) in [5.41, 5.74) is 0.590. The van der Waals surface area contributed by atoms with Gasteiger partial charge in [-0.05, 0) is 53.9 Å². The molecular weight excluding hydrogens is 578 g/mol. The number of hydrogen-bond acceptors (Lipinski definition) is 8. The van der Waals surface area contributed by atoms with Gasteiger partial charge in [0.25, 0.3) is 0 Å². The lowest BCUT2D eigenvalue weighted by Crippen LogP contribution is -2.47. The Balaban J connectivity index is 1.45. The second kappa shape index (κ2) is 14.9. The van der Waals surface area contributed by atoms with Crippen molar-refractivity contribution in [3.05, 3.63) is 68.5 Å². The van der Waals surface area contributed by atoms with Crippen molar-refractivity contribution in [1.29, 1.82) is 0 Å². The minimum Gasteiger partial charge on any atom is -0.481 e. The predicted molar refractivity (Wildman–Crippen MR) is 161 cm³/mol. The Morgan fingerprint density at radius 3 is 2.55 bits per heavy atom. The molecule has 3 aromatic rings. The smallest absolute Gasteiger partial charge is 0.410 e. The molecule has 1 unspecified atom stereocenters. The highest BCUT2D eigenvalue weighted by Crippen LogP contribution is 2.35. The summed E-state index contributed by atoms with van der Waals surface area (Å²) >= 11 is 3.16. The topological polar surface area (TPSA) is 118 Å². The van der Waals surface area contributed by atoms with Crippen LogP contribution in [0, 0.1) is 0 Å². The molecule has 12 heteroatoms. The second-order valence-electron chi connectivity index (χ2n) is 10.1. The van der Waals surface area contributed by atoms with Gasteiger partial charge in [-0.1, -0.05) is 38.0 Å². The molecule has 2 N–H and O–H groups in total. The number of fused-ring (bicyclic) bond motifs is 1. The Morgan fingerprint density at radius 1 is 1.10 bits per heavy atom. The van der Waals surface area contributed by atoms with Crippen molar-refractivity contribution in [3.8, 4) is 11.5 Å². The van der Waals surface area contributed by atoms with E-state index in [0.717, 1.165) is 22.6 Å². The Morgan fingerprint density at radius 2 is 1.86 bits per heavy atom. The number of nitrogens with one attached hydrogen (secondary N) is 1. The molecule has 0 bridgehead atoms. The molecule has 3 atom stereocenters. The van der Waals surface area contributed by atoms with Gasteiger partial charge in [0, 0.05) is 16.8 Å². The predicted octanol–water partition coefficient (Wildman–Crippen LogP) is 6.65. The van der Waals surface area contributed by atoms with Crippen molar-refractivity contribution in [1.82, 2.24) is 15.1 Å². The van der Waals surface area contributed by atoms with Crippen LogP contribution >= 0.6 is 22.7 Å². The third-order valence-corrected chi connectivity index (χ3v) is 9.10. The molecule has 2 aromatic heterocycles. The molecule has 3 heterocycles. The highest BCUT2D eigenvalue weighted by Gasteiger charge is 2.29. The lowest BCUT2D eigenvalue weighted by molar-refractivity contribution is -0.137. The zero-order valence-electron chi connectivity index (χ0n) is 24.0. The summed E-state index contributed by atoms with van der Waals surface area (Å²) in [4.78, 5) is 43.8. The van der Waals surface area contributed by atoms with Crippen LogP contribution in [0.2, 0.25) is 0 Å². The number of nitrogens with zero attached hydrogens (tertiary/aromatic N) is 2. The third-order valence-electron chi connectivity index (χ3n) is 7.20. The summed E-state index contributed by atoms with van der Waals surface area (Å²) in [6.45, 7) is 4.54. The number of thiophene rings is 2. The minimum absolute atomic E-state index is 0.00841.